The summed E-state index contributed by atoms with van der Waals surface area (Å²) in [7, 11) is 8.52. The highest BCUT2D eigenvalue weighted by molar-refractivity contribution is 8.78. The van der Waals surface area contributed by atoms with Crippen molar-refractivity contribution in [1.82, 2.24) is 19.6 Å². The summed E-state index contributed by atoms with van der Waals surface area (Å²) in [6.07, 6.45) is -0.00421. The van der Waals surface area contributed by atoms with Crippen LogP contribution in [-0.4, -0.2) is 113 Å². The molecule has 0 aromatic heterocycles. The van der Waals surface area contributed by atoms with E-state index in [0.717, 1.165) is 33.6 Å². The highest BCUT2D eigenvalue weighted by atomic mass is 33.1. The molecule has 2 spiro atoms. The number of carbonyl (C=O) groups excluding carboxylic acids is 4. The van der Waals surface area contributed by atoms with Gasteiger partial charge in [0.2, 0.25) is 9.74 Å². The summed E-state index contributed by atoms with van der Waals surface area (Å²) >= 11 is 0. The van der Waals surface area contributed by atoms with Gasteiger partial charge < -0.3 is 30.6 Å². The number of amides is 4. The fourth-order valence-corrected chi connectivity index (χ4v) is 16.4. The summed E-state index contributed by atoms with van der Waals surface area (Å²) in [5, 5.41) is 27.8. The monoisotopic (exact) mass is 696 g/mol. The number of benzene rings is 2. The Morgan fingerprint density at radius 2 is 1.09 bits per heavy atom. The molecular weight excluding hydrogens is 669 g/mol. The average Bonchev–Trinajstić information content (AvgIpc) is 3.78. The number of fused-ring (bicyclic) bond motifs is 10. The van der Waals surface area contributed by atoms with E-state index in [0.29, 0.717) is 12.8 Å². The Kier molecular flexibility index (Phi) is 5.30. The smallest absolute Gasteiger partial charge is 0.265 e. The minimum atomic E-state index is -1.35. The van der Waals surface area contributed by atoms with Crippen LogP contribution in [0.15, 0.2) is 36.4 Å². The lowest BCUT2D eigenvalue weighted by molar-refractivity contribution is -0.166. The van der Waals surface area contributed by atoms with Gasteiger partial charge in [0.1, 0.15) is 12.3 Å². The van der Waals surface area contributed by atoms with Gasteiger partial charge in [0.15, 0.2) is 9.74 Å². The minimum absolute atomic E-state index is 0.167. The molecular formula is C30H28N6O6S4. The van der Waals surface area contributed by atoms with Crippen molar-refractivity contribution in [3.63, 3.8) is 0 Å². The second kappa shape index (κ2) is 8.63. The quantitative estimate of drug-likeness (QED) is 0.349. The highest BCUT2D eigenvalue weighted by Gasteiger charge is 2.76. The first-order valence-electron chi connectivity index (χ1n) is 15.1. The molecule has 12 nitrogen and oxygen atoms in total. The molecule has 10 heterocycles. The molecule has 12 rings (SSSR count). The van der Waals surface area contributed by atoms with Crippen LogP contribution in [0.5, 0.6) is 0 Å². The number of anilines is 2. The molecule has 8 saturated heterocycles. The van der Waals surface area contributed by atoms with Crippen molar-refractivity contribution >= 4 is 78.2 Å². The number of carbonyl (C=O) groups is 4. The van der Waals surface area contributed by atoms with Gasteiger partial charge in [0.05, 0.1) is 13.2 Å². The molecule has 2 aromatic carbocycles. The van der Waals surface area contributed by atoms with Gasteiger partial charge >= 0.3 is 0 Å². The number of hydrogen-bond acceptors (Lipinski definition) is 12. The normalized spacial score (nSPS) is 40.5. The second-order valence-corrected chi connectivity index (χ2v) is 18.6. The van der Waals surface area contributed by atoms with E-state index in [2.05, 4.69) is 22.8 Å². The maximum Gasteiger partial charge on any atom is 0.265 e. The van der Waals surface area contributed by atoms with Crippen molar-refractivity contribution in [3.8, 4) is 11.1 Å². The summed E-state index contributed by atoms with van der Waals surface area (Å²) in [5.74, 6) is -1.19. The summed E-state index contributed by atoms with van der Waals surface area (Å²) in [6.45, 7) is -0.926. The molecule has 16 heteroatoms. The van der Waals surface area contributed by atoms with Crippen molar-refractivity contribution in [1.29, 1.82) is 0 Å². The van der Waals surface area contributed by atoms with E-state index in [-0.39, 0.29) is 35.5 Å². The molecule has 10 aliphatic heterocycles. The Hall–Kier alpha value is -2.76. The lowest BCUT2D eigenvalue weighted by Crippen LogP contribution is -2.77. The van der Waals surface area contributed by atoms with E-state index in [4.69, 9.17) is 0 Å². The summed E-state index contributed by atoms with van der Waals surface area (Å²) in [6, 6.07) is 12.1. The van der Waals surface area contributed by atoms with Crippen LogP contribution in [0.25, 0.3) is 11.1 Å². The lowest BCUT2D eigenvalue weighted by Gasteiger charge is -2.57. The van der Waals surface area contributed by atoms with Gasteiger partial charge in [-0.05, 0) is 56.0 Å². The van der Waals surface area contributed by atoms with Crippen LogP contribution >= 0.6 is 43.2 Å². The van der Waals surface area contributed by atoms with Crippen molar-refractivity contribution in [2.75, 3.05) is 37.9 Å². The van der Waals surface area contributed by atoms with Gasteiger partial charge in [-0.25, -0.2) is 0 Å². The number of aliphatic hydroxyl groups is 2. The van der Waals surface area contributed by atoms with Crippen LogP contribution in [0.4, 0.5) is 11.4 Å². The number of likely N-dealkylation sites (N-methyl/N-ethyl adjacent to an activating group) is 2. The van der Waals surface area contributed by atoms with Gasteiger partial charge in [-0.15, -0.1) is 0 Å². The number of hydrogen-bond donors (Lipinski definition) is 4. The first kappa shape index (κ1) is 28.3. The first-order valence-corrected chi connectivity index (χ1v) is 19.4. The molecule has 46 heavy (non-hydrogen) atoms. The Morgan fingerprint density at radius 1 is 0.674 bits per heavy atom. The first-order chi connectivity index (χ1) is 22.1. The third kappa shape index (κ3) is 2.77. The molecule has 0 radical (unpaired) electrons. The number of rotatable bonds is 3. The lowest BCUT2D eigenvalue weighted by atomic mass is 9.83. The van der Waals surface area contributed by atoms with Crippen LogP contribution in [0.3, 0.4) is 0 Å². The third-order valence-electron chi connectivity index (χ3n) is 11.5. The Balaban J connectivity index is 1.08. The van der Waals surface area contributed by atoms with Gasteiger partial charge in [-0.3, -0.25) is 29.0 Å². The predicted octanol–water partition coefficient (Wildman–Crippen LogP) is 1.99. The van der Waals surface area contributed by atoms with Crippen molar-refractivity contribution in [2.45, 2.75) is 56.5 Å². The van der Waals surface area contributed by atoms with E-state index in [1.54, 1.807) is 23.9 Å². The Labute approximate surface area is 279 Å². The maximum atomic E-state index is 14.0. The molecule has 0 aliphatic carbocycles. The zero-order chi connectivity index (χ0) is 31.7. The zero-order valence-corrected chi connectivity index (χ0v) is 27.8. The Bertz CT molecular complexity index is 1740. The van der Waals surface area contributed by atoms with Crippen LogP contribution in [0, 0.1) is 0 Å². The number of nitrogens with zero attached hydrogens (tertiary/aromatic N) is 4. The minimum Gasteiger partial charge on any atom is -0.392 e. The molecule has 10 aliphatic rings. The van der Waals surface area contributed by atoms with E-state index >= 15 is 0 Å². The molecule has 8 fully saturated rings. The van der Waals surface area contributed by atoms with Crippen LogP contribution in [0.1, 0.15) is 35.8 Å². The number of piperazine rings is 2. The van der Waals surface area contributed by atoms with Gasteiger partial charge in [-0.2, -0.15) is 0 Å². The Morgan fingerprint density at radius 3 is 1.48 bits per heavy atom. The molecule has 238 valence electrons. The summed E-state index contributed by atoms with van der Waals surface area (Å²) in [5.41, 5.74) is 5.85. The molecule has 8 atom stereocenters. The standard InChI is InChI=1S/C30H28N6O6S4/c1-33-23(39)27-9-15-19-13(5-3-7-17(19)31-21(15)35(27)25(41)29(33,11-37)45-43-27)14-6-4-8-18-20(14)16-10-28-24(40)34(2)30(12-38,46-44-28)26(42)36(28)22(16)32-18/h3-8,15-16,21-22,31-32,37-38H,9-12H2,1-2H3/t15-,16?,21-,22-,27?,28+,29+,30+/m1/s1. The van der Waals surface area contributed by atoms with Crippen LogP contribution in [0.2, 0.25) is 0 Å². The van der Waals surface area contributed by atoms with Crippen molar-refractivity contribution in [2.24, 2.45) is 0 Å². The van der Waals surface area contributed by atoms with Gasteiger partial charge in [-0.1, -0.05) is 45.9 Å². The summed E-state index contributed by atoms with van der Waals surface area (Å²) < 4.78 is 0. The predicted molar refractivity (Wildman–Crippen MR) is 176 cm³/mol. The fraction of sp³-hybridized carbons (Fsp3) is 0.467. The SMILES string of the molecule is CN1C(=O)C23C[C@@H]4c5c(cccc5-c5cccc6c5C5C[C@@]78SS[C@@](CO)(C(=O)N7[C@H]5N6)N(C)C8=O)N[C@@H]4N2C(=O)[C@]1(CO)SS3. The highest BCUT2D eigenvalue weighted by Crippen LogP contribution is 2.69. The van der Waals surface area contributed by atoms with E-state index in [1.807, 2.05) is 24.3 Å². The van der Waals surface area contributed by atoms with Crippen molar-refractivity contribution in [3.05, 3.63) is 47.5 Å². The van der Waals surface area contributed by atoms with Gasteiger partial charge in [0, 0.05) is 50.1 Å². The largest absolute Gasteiger partial charge is 0.392 e. The molecule has 4 amide bonds. The third-order valence-corrected chi connectivity index (χ3v) is 18.8. The fourth-order valence-electron chi connectivity index (χ4n) is 9.20. The zero-order valence-electron chi connectivity index (χ0n) is 24.6. The van der Waals surface area contributed by atoms with E-state index < -0.39 is 45.0 Å². The molecule has 2 aromatic rings. The van der Waals surface area contributed by atoms with Gasteiger partial charge in [0.25, 0.3) is 23.6 Å². The number of aliphatic hydroxyl groups excluding tert-OH is 2. The molecule has 4 bridgehead atoms. The molecule has 2 unspecified atom stereocenters. The van der Waals surface area contributed by atoms with E-state index in [9.17, 15) is 29.4 Å². The van der Waals surface area contributed by atoms with E-state index in [1.165, 1.54) is 53.0 Å². The number of nitrogens with one attached hydrogen (secondary N) is 2. The molecule has 0 saturated carbocycles. The summed E-state index contributed by atoms with van der Waals surface area (Å²) in [4.78, 5) is 57.1. The van der Waals surface area contributed by atoms with Crippen molar-refractivity contribution < 1.29 is 29.4 Å². The topological polar surface area (TPSA) is 146 Å². The van der Waals surface area contributed by atoms with Crippen LogP contribution in [-0.2, 0) is 19.2 Å². The maximum absolute atomic E-state index is 14.0. The average molecular weight is 697 g/mol. The molecule has 4 N–H and O–H groups in total. The second-order valence-electron chi connectivity index (χ2n) is 13.2. The van der Waals surface area contributed by atoms with Crippen LogP contribution < -0.4 is 10.6 Å².